The largest absolute Gasteiger partial charge is 0.352 e. The number of nitrogens with zero attached hydrogens (tertiary/aromatic N) is 2. The Balaban J connectivity index is 2.07. The van der Waals surface area contributed by atoms with Crippen LogP contribution >= 0.6 is 11.6 Å². The number of aryl methyl sites for hydroxylation is 1. The van der Waals surface area contributed by atoms with Gasteiger partial charge in [-0.3, -0.25) is 13.9 Å². The quantitative estimate of drug-likeness (QED) is 0.337. The van der Waals surface area contributed by atoms with E-state index in [1.165, 1.54) is 29.2 Å². The van der Waals surface area contributed by atoms with Crippen LogP contribution in [-0.4, -0.2) is 43.8 Å². The van der Waals surface area contributed by atoms with Crippen LogP contribution in [0, 0.1) is 12.7 Å². The molecule has 0 radical (unpaired) electrons. The minimum Gasteiger partial charge on any atom is -0.352 e. The van der Waals surface area contributed by atoms with Crippen molar-refractivity contribution in [1.82, 2.24) is 10.2 Å². The molecular formula is C29H33ClFN3O4S. The summed E-state index contributed by atoms with van der Waals surface area (Å²) in [4.78, 5) is 28.4. The van der Waals surface area contributed by atoms with E-state index in [2.05, 4.69) is 5.32 Å². The molecule has 0 fully saturated rings. The molecule has 208 valence electrons. The number of amides is 2. The molecule has 3 aromatic carbocycles. The van der Waals surface area contributed by atoms with Crippen molar-refractivity contribution in [2.45, 2.75) is 57.6 Å². The van der Waals surface area contributed by atoms with Crippen LogP contribution in [0.2, 0.25) is 5.02 Å². The second-order valence-corrected chi connectivity index (χ2v) is 11.8. The molecule has 3 rings (SSSR count). The number of hydrogen-bond donors (Lipinski definition) is 1. The lowest BCUT2D eigenvalue weighted by molar-refractivity contribution is -0.140. The van der Waals surface area contributed by atoms with E-state index in [1.54, 1.807) is 43.3 Å². The Labute approximate surface area is 234 Å². The van der Waals surface area contributed by atoms with Crippen molar-refractivity contribution >= 4 is 39.1 Å². The van der Waals surface area contributed by atoms with Gasteiger partial charge < -0.3 is 10.2 Å². The monoisotopic (exact) mass is 573 g/mol. The van der Waals surface area contributed by atoms with Gasteiger partial charge in [0.15, 0.2) is 0 Å². The number of anilines is 1. The molecule has 7 nitrogen and oxygen atoms in total. The SMILES string of the molecule is CC[C@H](C(=O)NC(C)C)N(Cc1ccccc1Cl)C(=O)CN(c1ccc(F)cc1)S(=O)(=O)c1ccc(C)cc1. The molecule has 1 N–H and O–H groups in total. The summed E-state index contributed by atoms with van der Waals surface area (Å²) in [5.74, 6) is -1.52. The van der Waals surface area contributed by atoms with Crippen LogP contribution in [0.3, 0.4) is 0 Å². The molecule has 0 aliphatic rings. The summed E-state index contributed by atoms with van der Waals surface area (Å²) >= 11 is 6.39. The van der Waals surface area contributed by atoms with Crippen molar-refractivity contribution in [3.05, 3.63) is 94.8 Å². The predicted molar refractivity (Wildman–Crippen MR) is 151 cm³/mol. The van der Waals surface area contributed by atoms with E-state index in [1.807, 2.05) is 20.8 Å². The zero-order valence-electron chi connectivity index (χ0n) is 22.4. The fraction of sp³-hybridized carbons (Fsp3) is 0.310. The number of nitrogens with one attached hydrogen (secondary N) is 1. The van der Waals surface area contributed by atoms with Gasteiger partial charge in [0.1, 0.15) is 18.4 Å². The Kier molecular flexibility index (Phi) is 10.1. The van der Waals surface area contributed by atoms with Crippen LogP contribution in [0.15, 0.2) is 77.7 Å². The van der Waals surface area contributed by atoms with Crippen molar-refractivity contribution in [2.24, 2.45) is 0 Å². The highest BCUT2D eigenvalue weighted by atomic mass is 35.5. The summed E-state index contributed by atoms with van der Waals surface area (Å²) in [6, 6.07) is 17.0. The molecule has 3 aromatic rings. The maximum Gasteiger partial charge on any atom is 0.264 e. The lowest BCUT2D eigenvalue weighted by Crippen LogP contribution is -2.53. The van der Waals surface area contributed by atoms with Gasteiger partial charge >= 0.3 is 0 Å². The molecule has 0 saturated carbocycles. The second kappa shape index (κ2) is 13.1. The molecule has 0 aliphatic carbocycles. The third kappa shape index (κ3) is 7.58. The van der Waals surface area contributed by atoms with Gasteiger partial charge in [-0.2, -0.15) is 0 Å². The van der Waals surface area contributed by atoms with Crippen molar-refractivity contribution in [3.8, 4) is 0 Å². The average molecular weight is 574 g/mol. The molecule has 0 heterocycles. The summed E-state index contributed by atoms with van der Waals surface area (Å²) in [5.41, 5.74) is 1.59. The number of benzene rings is 3. The highest BCUT2D eigenvalue weighted by molar-refractivity contribution is 7.92. The van der Waals surface area contributed by atoms with Gasteiger partial charge in [0.25, 0.3) is 10.0 Å². The maximum absolute atomic E-state index is 14.0. The topological polar surface area (TPSA) is 86.8 Å². The molecule has 0 aliphatic heterocycles. The van der Waals surface area contributed by atoms with E-state index in [0.717, 1.165) is 22.0 Å². The minimum atomic E-state index is -4.23. The Morgan fingerprint density at radius 2 is 1.59 bits per heavy atom. The molecule has 0 saturated heterocycles. The molecule has 0 aromatic heterocycles. The molecule has 2 amide bonds. The van der Waals surface area contributed by atoms with Crippen LogP contribution < -0.4 is 9.62 Å². The van der Waals surface area contributed by atoms with Crippen LogP contribution in [0.4, 0.5) is 10.1 Å². The van der Waals surface area contributed by atoms with Crippen LogP contribution in [0.25, 0.3) is 0 Å². The van der Waals surface area contributed by atoms with Gasteiger partial charge in [-0.1, -0.05) is 54.4 Å². The van der Waals surface area contributed by atoms with Gasteiger partial charge in [-0.05, 0) is 75.2 Å². The average Bonchev–Trinajstić information content (AvgIpc) is 2.88. The van der Waals surface area contributed by atoms with Gasteiger partial charge in [-0.15, -0.1) is 0 Å². The molecule has 1 atom stereocenters. The molecule has 0 spiro atoms. The minimum absolute atomic E-state index is 0.00956. The van der Waals surface area contributed by atoms with E-state index < -0.39 is 34.3 Å². The smallest absolute Gasteiger partial charge is 0.264 e. The van der Waals surface area contributed by atoms with Crippen molar-refractivity contribution in [3.63, 3.8) is 0 Å². The van der Waals surface area contributed by atoms with Gasteiger partial charge in [-0.25, -0.2) is 12.8 Å². The highest BCUT2D eigenvalue weighted by Gasteiger charge is 2.34. The Hall–Kier alpha value is -3.43. The van der Waals surface area contributed by atoms with E-state index >= 15 is 0 Å². The standard InChI is InChI=1S/C29H33ClFN3O4S/c1-5-27(29(36)32-20(2)3)33(18-22-8-6-7-9-26(22)30)28(35)19-34(24-14-12-23(31)13-15-24)39(37,38)25-16-10-21(4)11-17-25/h6-17,20,27H,5,18-19H2,1-4H3,(H,32,36)/t27-/m1/s1. The van der Waals surface area contributed by atoms with Crippen LogP contribution in [0.5, 0.6) is 0 Å². The van der Waals surface area contributed by atoms with Crippen molar-refractivity contribution < 1.29 is 22.4 Å². The second-order valence-electron chi connectivity index (χ2n) is 9.50. The summed E-state index contributed by atoms with van der Waals surface area (Å²) in [7, 11) is -4.23. The molecule has 0 unspecified atom stereocenters. The Bertz CT molecular complexity index is 1400. The van der Waals surface area contributed by atoms with Crippen molar-refractivity contribution in [1.29, 1.82) is 0 Å². The number of sulfonamides is 1. The molecule has 0 bridgehead atoms. The Morgan fingerprint density at radius 3 is 2.15 bits per heavy atom. The summed E-state index contributed by atoms with van der Waals surface area (Å²) in [6.45, 7) is 6.61. The summed E-state index contributed by atoms with van der Waals surface area (Å²) < 4.78 is 42.2. The zero-order valence-corrected chi connectivity index (χ0v) is 24.0. The first-order valence-corrected chi connectivity index (χ1v) is 14.4. The predicted octanol–water partition coefficient (Wildman–Crippen LogP) is 5.31. The summed E-state index contributed by atoms with van der Waals surface area (Å²) in [6.07, 6.45) is 0.288. The lowest BCUT2D eigenvalue weighted by Gasteiger charge is -2.33. The highest BCUT2D eigenvalue weighted by Crippen LogP contribution is 2.26. The van der Waals surface area contributed by atoms with E-state index in [9.17, 15) is 22.4 Å². The molecular weight excluding hydrogens is 541 g/mol. The van der Waals surface area contributed by atoms with Gasteiger partial charge in [0, 0.05) is 17.6 Å². The van der Waals surface area contributed by atoms with E-state index in [4.69, 9.17) is 11.6 Å². The number of carbonyl (C=O) groups is 2. The number of carbonyl (C=O) groups excluding carboxylic acids is 2. The number of rotatable bonds is 11. The van der Waals surface area contributed by atoms with Gasteiger partial charge in [0.2, 0.25) is 11.8 Å². The summed E-state index contributed by atoms with van der Waals surface area (Å²) in [5, 5.41) is 3.26. The van der Waals surface area contributed by atoms with Crippen LogP contribution in [-0.2, 0) is 26.2 Å². The Morgan fingerprint density at radius 1 is 0.974 bits per heavy atom. The lowest BCUT2D eigenvalue weighted by atomic mass is 10.1. The normalized spacial score (nSPS) is 12.2. The fourth-order valence-corrected chi connectivity index (χ4v) is 5.69. The zero-order chi connectivity index (χ0) is 28.7. The fourth-order valence-electron chi connectivity index (χ4n) is 4.08. The van der Waals surface area contributed by atoms with Crippen molar-refractivity contribution in [2.75, 3.05) is 10.8 Å². The first-order chi connectivity index (χ1) is 18.4. The number of halogens is 2. The molecule has 39 heavy (non-hydrogen) atoms. The maximum atomic E-state index is 14.0. The molecule has 10 heteroatoms. The first-order valence-electron chi connectivity index (χ1n) is 12.6. The first kappa shape index (κ1) is 30.1. The third-order valence-electron chi connectivity index (χ3n) is 6.12. The van der Waals surface area contributed by atoms with Gasteiger partial charge in [0.05, 0.1) is 10.6 Å². The third-order valence-corrected chi connectivity index (χ3v) is 8.27. The van der Waals surface area contributed by atoms with E-state index in [-0.39, 0.29) is 35.5 Å². The number of hydrogen-bond acceptors (Lipinski definition) is 4. The van der Waals surface area contributed by atoms with Crippen LogP contribution in [0.1, 0.15) is 38.3 Å². The van der Waals surface area contributed by atoms with E-state index in [0.29, 0.717) is 10.6 Å².